The van der Waals surface area contributed by atoms with Crippen molar-refractivity contribution < 1.29 is 9.53 Å². The molecule has 0 bridgehead atoms. The van der Waals surface area contributed by atoms with Crippen LogP contribution >= 0.6 is 0 Å². The molecule has 2 atom stereocenters. The summed E-state index contributed by atoms with van der Waals surface area (Å²) in [5, 5.41) is 9.78. The number of rotatable bonds is 5. The first-order valence-corrected chi connectivity index (χ1v) is 13.0. The molecule has 11 nitrogen and oxygen atoms in total. The molecule has 1 saturated carbocycles. The van der Waals surface area contributed by atoms with Gasteiger partial charge in [-0.15, -0.1) is 0 Å². The molecule has 2 unspecified atom stereocenters. The summed E-state index contributed by atoms with van der Waals surface area (Å²) in [6, 6.07) is 17.3. The number of amides is 1. The van der Waals surface area contributed by atoms with Gasteiger partial charge in [0.15, 0.2) is 5.65 Å². The molecule has 39 heavy (non-hydrogen) atoms. The molecular weight excluding hydrogens is 494 g/mol. The van der Waals surface area contributed by atoms with Gasteiger partial charge in [0, 0.05) is 18.7 Å². The molecule has 1 aliphatic carbocycles. The van der Waals surface area contributed by atoms with Gasteiger partial charge in [-0.2, -0.15) is 14.9 Å². The number of carbonyl (C=O) groups is 1. The second kappa shape index (κ2) is 10.5. The maximum absolute atomic E-state index is 13.0. The predicted molar refractivity (Wildman–Crippen MR) is 146 cm³/mol. The predicted octanol–water partition coefficient (Wildman–Crippen LogP) is 4.93. The van der Waals surface area contributed by atoms with E-state index in [1.54, 1.807) is 4.90 Å². The lowest BCUT2D eigenvalue weighted by Crippen LogP contribution is -2.40. The van der Waals surface area contributed by atoms with Crippen LogP contribution in [0.25, 0.3) is 22.3 Å². The van der Waals surface area contributed by atoms with Crippen LogP contribution in [0, 0.1) is 0 Å². The summed E-state index contributed by atoms with van der Waals surface area (Å²) in [6.07, 6.45) is 8.87. The molecule has 3 aromatic heterocycles. The van der Waals surface area contributed by atoms with Crippen molar-refractivity contribution >= 4 is 22.9 Å². The van der Waals surface area contributed by atoms with Crippen LogP contribution in [0.5, 0.6) is 11.5 Å². The van der Waals surface area contributed by atoms with Crippen LogP contribution in [-0.2, 0) is 0 Å². The van der Waals surface area contributed by atoms with E-state index >= 15 is 0 Å². The van der Waals surface area contributed by atoms with Gasteiger partial charge in [0.2, 0.25) is 0 Å². The normalized spacial score (nSPS) is 17.6. The number of benzene rings is 2. The Bertz CT molecular complexity index is 1570. The Balaban J connectivity index is 1.31. The highest BCUT2D eigenvalue weighted by molar-refractivity contribution is 5.98. The number of nitrogens with two attached hydrogens (primary N) is 1. The van der Waals surface area contributed by atoms with E-state index < -0.39 is 0 Å². The molecule has 2 aromatic carbocycles. The second-order valence-corrected chi connectivity index (χ2v) is 9.75. The van der Waals surface area contributed by atoms with Crippen molar-refractivity contribution in [2.24, 2.45) is 0 Å². The van der Waals surface area contributed by atoms with Gasteiger partial charge in [0.1, 0.15) is 42.0 Å². The fourth-order valence-electron chi connectivity index (χ4n) is 5.27. The first-order valence-electron chi connectivity index (χ1n) is 13.0. The number of hydrogen-bond acceptors (Lipinski definition) is 8. The molecule has 3 heterocycles. The lowest BCUT2D eigenvalue weighted by molar-refractivity contribution is 0.176. The molecule has 0 radical (unpaired) electrons. The number of nitrogen functional groups attached to an aromatic ring is 1. The quantitative estimate of drug-likeness (QED) is 0.321. The van der Waals surface area contributed by atoms with Crippen LogP contribution in [0.3, 0.4) is 0 Å². The van der Waals surface area contributed by atoms with E-state index in [1.165, 1.54) is 23.7 Å². The number of nitrogens with zero attached hydrogens (tertiary/aromatic N) is 8. The summed E-state index contributed by atoms with van der Waals surface area (Å²) in [5.74, 6) is 1.88. The van der Waals surface area contributed by atoms with Crippen LogP contribution in [0.15, 0.2) is 73.6 Å². The van der Waals surface area contributed by atoms with E-state index in [9.17, 15) is 4.79 Å². The van der Waals surface area contributed by atoms with Gasteiger partial charge in [0.25, 0.3) is 0 Å². The Morgan fingerprint density at radius 2 is 1.77 bits per heavy atom. The van der Waals surface area contributed by atoms with Crippen molar-refractivity contribution in [1.82, 2.24) is 39.4 Å². The van der Waals surface area contributed by atoms with Crippen molar-refractivity contribution in [2.75, 3.05) is 12.8 Å². The van der Waals surface area contributed by atoms with Crippen LogP contribution in [0.4, 0.5) is 10.6 Å². The number of aromatic nitrogens is 7. The maximum Gasteiger partial charge on any atom is 0.346 e. The smallest absolute Gasteiger partial charge is 0.346 e. The van der Waals surface area contributed by atoms with Gasteiger partial charge >= 0.3 is 6.03 Å². The topological polar surface area (TPSA) is 130 Å². The Morgan fingerprint density at radius 1 is 1.00 bits per heavy atom. The number of carbonyl (C=O) groups excluding carboxylic acids is 1. The number of fused-ring (bicyclic) bond motifs is 1. The average molecular weight is 524 g/mol. The van der Waals surface area contributed by atoms with Crippen LogP contribution in [0.2, 0.25) is 0 Å². The Hall–Kier alpha value is -4.80. The highest BCUT2D eigenvalue weighted by atomic mass is 16.5. The molecular formula is C28H29N9O2. The SMILES string of the molecule is CN(C(=O)n1cncn1)C1CCCCC(n2nc(-c3ccc(Oc4ccccc4)cc3)c3c(N)ncnc32)C1. The zero-order valence-corrected chi connectivity index (χ0v) is 21.6. The summed E-state index contributed by atoms with van der Waals surface area (Å²) in [5.41, 5.74) is 8.68. The highest BCUT2D eigenvalue weighted by Gasteiger charge is 2.30. The van der Waals surface area contributed by atoms with Crippen LogP contribution < -0.4 is 10.5 Å². The molecule has 1 aliphatic rings. The second-order valence-electron chi connectivity index (χ2n) is 9.75. The van der Waals surface area contributed by atoms with E-state index in [-0.39, 0.29) is 18.1 Å². The third-order valence-electron chi connectivity index (χ3n) is 7.30. The number of anilines is 1. The minimum Gasteiger partial charge on any atom is -0.457 e. The minimum atomic E-state index is -0.200. The standard InChI is InChI=1S/C28H29N9O2/c1-35(28(38)36-18-30-16-33-36)20-7-5-6-8-21(15-20)37-27-24(26(29)31-17-32-27)25(34-37)19-11-13-23(14-12-19)39-22-9-3-2-4-10-22/h2-4,9-14,16-18,20-21H,5-8,15H2,1H3,(H2,29,31,32). The fourth-order valence-corrected chi connectivity index (χ4v) is 5.27. The van der Waals surface area contributed by atoms with Gasteiger partial charge < -0.3 is 15.4 Å². The van der Waals surface area contributed by atoms with Gasteiger partial charge in [-0.05, 0) is 55.7 Å². The summed E-state index contributed by atoms with van der Waals surface area (Å²) in [6.45, 7) is 0. The Kier molecular flexibility index (Phi) is 6.62. The molecule has 1 amide bonds. The van der Waals surface area contributed by atoms with Gasteiger partial charge in [0.05, 0.1) is 11.4 Å². The van der Waals surface area contributed by atoms with E-state index in [2.05, 4.69) is 20.1 Å². The highest BCUT2D eigenvalue weighted by Crippen LogP contribution is 2.37. The largest absolute Gasteiger partial charge is 0.457 e. The zero-order valence-electron chi connectivity index (χ0n) is 21.6. The van der Waals surface area contributed by atoms with Crippen LogP contribution in [-0.4, -0.2) is 58.5 Å². The fraction of sp³-hybridized carbons (Fsp3) is 0.286. The zero-order chi connectivity index (χ0) is 26.8. The summed E-state index contributed by atoms with van der Waals surface area (Å²) >= 11 is 0. The first-order chi connectivity index (χ1) is 19.1. The Labute approximate surface area is 225 Å². The summed E-state index contributed by atoms with van der Waals surface area (Å²) in [7, 11) is 1.82. The van der Waals surface area contributed by atoms with Gasteiger partial charge in [-0.1, -0.05) is 31.0 Å². The number of ether oxygens (including phenoxy) is 1. The van der Waals surface area contributed by atoms with E-state index in [0.717, 1.165) is 60.2 Å². The lowest BCUT2D eigenvalue weighted by atomic mass is 10.0. The molecule has 2 N–H and O–H groups in total. The third-order valence-corrected chi connectivity index (χ3v) is 7.30. The molecule has 0 aliphatic heterocycles. The van der Waals surface area contributed by atoms with E-state index in [1.807, 2.05) is 66.3 Å². The van der Waals surface area contributed by atoms with Crippen molar-refractivity contribution in [3.8, 4) is 22.8 Å². The Morgan fingerprint density at radius 3 is 2.54 bits per heavy atom. The van der Waals surface area contributed by atoms with Crippen LogP contribution in [0.1, 0.15) is 38.1 Å². The van der Waals surface area contributed by atoms with Gasteiger partial charge in [-0.25, -0.2) is 24.4 Å². The minimum absolute atomic E-state index is 0.0190. The number of para-hydroxylation sites is 1. The summed E-state index contributed by atoms with van der Waals surface area (Å²) < 4.78 is 9.20. The number of hydrogen-bond donors (Lipinski definition) is 1. The molecule has 5 aromatic rings. The van der Waals surface area contributed by atoms with E-state index in [0.29, 0.717) is 11.5 Å². The molecule has 6 rings (SSSR count). The van der Waals surface area contributed by atoms with Crippen molar-refractivity contribution in [3.05, 3.63) is 73.6 Å². The third kappa shape index (κ3) is 4.90. The van der Waals surface area contributed by atoms with Crippen molar-refractivity contribution in [3.63, 3.8) is 0 Å². The van der Waals surface area contributed by atoms with Gasteiger partial charge in [-0.3, -0.25) is 0 Å². The molecule has 0 spiro atoms. The van der Waals surface area contributed by atoms with Crippen molar-refractivity contribution in [1.29, 1.82) is 0 Å². The van der Waals surface area contributed by atoms with E-state index in [4.69, 9.17) is 15.6 Å². The maximum atomic E-state index is 13.0. The lowest BCUT2D eigenvalue weighted by Gasteiger charge is -2.29. The molecule has 198 valence electrons. The summed E-state index contributed by atoms with van der Waals surface area (Å²) in [4.78, 5) is 27.5. The van der Waals surface area contributed by atoms with Crippen molar-refractivity contribution in [2.45, 2.75) is 44.2 Å². The molecule has 11 heteroatoms. The molecule has 1 fully saturated rings. The first kappa shape index (κ1) is 24.5. The monoisotopic (exact) mass is 523 g/mol. The molecule has 0 saturated heterocycles. The average Bonchev–Trinajstić information content (AvgIpc) is 3.57.